The predicted octanol–water partition coefficient (Wildman–Crippen LogP) is 4.44. The molecule has 0 spiro atoms. The number of benzene rings is 2. The van der Waals surface area contributed by atoms with Crippen molar-refractivity contribution in [2.75, 3.05) is 18.1 Å². The fraction of sp³-hybridized carbons (Fsp3) is 0.130. The molecule has 0 aliphatic carbocycles. The third kappa shape index (κ3) is 3.21. The van der Waals surface area contributed by atoms with E-state index in [1.165, 1.54) is 6.07 Å². The highest BCUT2D eigenvalue weighted by Gasteiger charge is 2.31. The molecule has 2 aromatic carbocycles. The number of aliphatic hydroxyl groups is 1. The third-order valence-electron chi connectivity index (χ3n) is 5.26. The molecule has 1 aliphatic heterocycles. The maximum Gasteiger partial charge on any atom is 0.154 e. The van der Waals surface area contributed by atoms with Crippen molar-refractivity contribution in [1.82, 2.24) is 15.0 Å². The minimum Gasteiger partial charge on any atom is -0.488 e. The van der Waals surface area contributed by atoms with E-state index in [0.717, 1.165) is 11.6 Å². The van der Waals surface area contributed by atoms with Gasteiger partial charge in [-0.1, -0.05) is 18.7 Å². The van der Waals surface area contributed by atoms with E-state index in [4.69, 9.17) is 4.74 Å². The van der Waals surface area contributed by atoms with Gasteiger partial charge in [0.15, 0.2) is 11.6 Å². The molecule has 0 fully saturated rings. The van der Waals surface area contributed by atoms with Gasteiger partial charge in [-0.3, -0.25) is 0 Å². The second-order valence-electron chi connectivity index (χ2n) is 7.19. The van der Waals surface area contributed by atoms with E-state index >= 15 is 0 Å². The second kappa shape index (κ2) is 7.48. The number of aromatic nitrogens is 3. The molecule has 0 unspecified atom stereocenters. The number of imidazole rings is 1. The number of H-pyrrole nitrogens is 1. The summed E-state index contributed by atoms with van der Waals surface area (Å²) in [4.78, 5) is 13.7. The van der Waals surface area contributed by atoms with Crippen LogP contribution in [0.15, 0.2) is 55.2 Å². The zero-order valence-corrected chi connectivity index (χ0v) is 16.3. The van der Waals surface area contributed by atoms with Crippen LogP contribution in [-0.4, -0.2) is 39.3 Å². The Kier molecular flexibility index (Phi) is 4.63. The maximum atomic E-state index is 14.2. The highest BCUT2D eigenvalue weighted by Crippen LogP contribution is 2.44. The maximum absolute atomic E-state index is 14.2. The summed E-state index contributed by atoms with van der Waals surface area (Å²) in [5, 5.41) is 9.93. The molecule has 3 heterocycles. The predicted molar refractivity (Wildman–Crippen MR) is 114 cm³/mol. The smallest absolute Gasteiger partial charge is 0.154 e. The summed E-state index contributed by atoms with van der Waals surface area (Å²) in [5.41, 5.74) is 2.47. The number of aromatic amines is 1. The number of nitrogens with zero attached hydrogens (tertiary/aromatic N) is 3. The van der Waals surface area contributed by atoms with Gasteiger partial charge in [-0.15, -0.1) is 0 Å². The van der Waals surface area contributed by atoms with E-state index < -0.39 is 11.6 Å². The van der Waals surface area contributed by atoms with Gasteiger partial charge in [0.05, 0.1) is 29.4 Å². The monoisotopic (exact) mass is 420 g/mol. The first-order chi connectivity index (χ1) is 15.1. The number of rotatable bonds is 4. The molecule has 4 aromatic rings. The van der Waals surface area contributed by atoms with Crippen LogP contribution >= 0.6 is 0 Å². The molecule has 0 radical (unpaired) electrons. The average molecular weight is 420 g/mol. The number of hydrogen-bond donors (Lipinski definition) is 2. The summed E-state index contributed by atoms with van der Waals surface area (Å²) in [5.74, 6) is 0.0914. The van der Waals surface area contributed by atoms with Crippen LogP contribution in [0.4, 0.5) is 20.3 Å². The lowest BCUT2D eigenvalue weighted by Gasteiger charge is -2.37. The molecule has 0 saturated carbocycles. The summed E-state index contributed by atoms with van der Waals surface area (Å²) in [6, 6.07) is 10.8. The number of fused-ring (bicyclic) bond motifs is 2. The molecule has 1 atom stereocenters. The lowest BCUT2D eigenvalue weighted by Crippen LogP contribution is -2.43. The van der Waals surface area contributed by atoms with Gasteiger partial charge in [-0.25, -0.2) is 18.7 Å². The average Bonchev–Trinajstić information content (AvgIpc) is 3.22. The zero-order valence-electron chi connectivity index (χ0n) is 16.3. The number of aliphatic hydroxyl groups excluding tert-OH is 1. The van der Waals surface area contributed by atoms with E-state index in [9.17, 15) is 13.9 Å². The number of hydrogen-bond acceptors (Lipinski definition) is 5. The summed E-state index contributed by atoms with van der Waals surface area (Å²) in [7, 11) is 0. The van der Waals surface area contributed by atoms with E-state index in [0.29, 0.717) is 28.6 Å². The lowest BCUT2D eigenvalue weighted by molar-refractivity contribution is 0.195. The van der Waals surface area contributed by atoms with Crippen LogP contribution in [0.25, 0.3) is 28.5 Å². The summed E-state index contributed by atoms with van der Waals surface area (Å²) < 4.78 is 33.7. The van der Waals surface area contributed by atoms with Crippen molar-refractivity contribution in [3.63, 3.8) is 0 Å². The quantitative estimate of drug-likeness (QED) is 0.511. The Morgan fingerprint density at radius 3 is 2.87 bits per heavy atom. The Balaban J connectivity index is 1.65. The molecule has 1 aliphatic rings. The highest BCUT2D eigenvalue weighted by atomic mass is 19.1. The van der Waals surface area contributed by atoms with Crippen molar-refractivity contribution in [1.29, 1.82) is 0 Å². The molecule has 5 rings (SSSR count). The van der Waals surface area contributed by atoms with Crippen LogP contribution in [0.2, 0.25) is 0 Å². The summed E-state index contributed by atoms with van der Waals surface area (Å²) in [6.45, 7) is 3.82. The first-order valence-corrected chi connectivity index (χ1v) is 9.68. The van der Waals surface area contributed by atoms with Gasteiger partial charge in [0.25, 0.3) is 0 Å². The van der Waals surface area contributed by atoms with E-state index in [-0.39, 0.29) is 30.3 Å². The number of halogens is 2. The molecule has 156 valence electrons. The van der Waals surface area contributed by atoms with Gasteiger partial charge in [-0.2, -0.15) is 0 Å². The van der Waals surface area contributed by atoms with E-state index in [2.05, 4.69) is 21.5 Å². The number of ether oxygens (including phenoxy) is 1. The van der Waals surface area contributed by atoms with Crippen LogP contribution < -0.4 is 9.64 Å². The lowest BCUT2D eigenvalue weighted by atomic mass is 10.1. The number of nitrogens with one attached hydrogen (secondary N) is 1. The van der Waals surface area contributed by atoms with Gasteiger partial charge in [0.2, 0.25) is 0 Å². The molecule has 2 N–H and O–H groups in total. The fourth-order valence-corrected chi connectivity index (χ4v) is 3.78. The molecule has 8 heteroatoms. The molecule has 31 heavy (non-hydrogen) atoms. The largest absolute Gasteiger partial charge is 0.488 e. The molecule has 0 saturated heterocycles. The Morgan fingerprint density at radius 1 is 1.26 bits per heavy atom. The van der Waals surface area contributed by atoms with Gasteiger partial charge >= 0.3 is 0 Å². The van der Waals surface area contributed by atoms with Crippen molar-refractivity contribution in [3.05, 3.63) is 72.4 Å². The van der Waals surface area contributed by atoms with Gasteiger partial charge in [0.1, 0.15) is 29.6 Å². The molecule has 6 nitrogen and oxygen atoms in total. The topological polar surface area (TPSA) is 74.3 Å². The molecule has 0 amide bonds. The van der Waals surface area contributed by atoms with Crippen LogP contribution in [0.3, 0.4) is 0 Å². The number of pyridine rings is 1. The van der Waals surface area contributed by atoms with Gasteiger partial charge < -0.3 is 19.7 Å². The highest BCUT2D eigenvalue weighted by molar-refractivity contribution is 5.85. The van der Waals surface area contributed by atoms with Crippen LogP contribution in [-0.2, 0) is 0 Å². The van der Waals surface area contributed by atoms with Crippen LogP contribution in [0.5, 0.6) is 5.75 Å². The number of para-hydroxylation sites is 1. The van der Waals surface area contributed by atoms with Crippen LogP contribution in [0.1, 0.15) is 5.56 Å². The summed E-state index contributed by atoms with van der Waals surface area (Å²) >= 11 is 0. The van der Waals surface area contributed by atoms with Gasteiger partial charge in [0, 0.05) is 12.3 Å². The second-order valence-corrected chi connectivity index (χ2v) is 7.19. The van der Waals surface area contributed by atoms with Crippen molar-refractivity contribution in [3.8, 4) is 17.1 Å². The van der Waals surface area contributed by atoms with Crippen LogP contribution in [0, 0.1) is 11.6 Å². The minimum absolute atomic E-state index is 0.0524. The third-order valence-corrected chi connectivity index (χ3v) is 5.26. The standard InChI is InChI=1S/C23H18F2N4O2/c1-2-13-6-7-20(26-10-13)29-15(11-30)12-31-22-16(4-3-5-19(22)29)23-27-18-9-14(24)8-17(25)21(18)28-23/h2-10,15,30H,1,11-12H2,(H,27,28)/t15-/m0/s1. The normalized spacial score (nSPS) is 15.6. The first-order valence-electron chi connectivity index (χ1n) is 9.68. The SMILES string of the molecule is C=Cc1ccc(N2c3cccc(-c4nc5c(F)cc(F)cc5[nH]4)c3OC[C@@H]2CO)nc1. The fourth-order valence-electron chi connectivity index (χ4n) is 3.78. The van der Waals surface area contributed by atoms with E-state index in [1.54, 1.807) is 18.3 Å². The Morgan fingerprint density at radius 2 is 2.13 bits per heavy atom. The van der Waals surface area contributed by atoms with Crippen molar-refractivity contribution < 1.29 is 18.6 Å². The Bertz CT molecular complexity index is 1290. The number of anilines is 2. The first kappa shape index (κ1) is 19.2. The minimum atomic E-state index is -0.739. The van der Waals surface area contributed by atoms with Gasteiger partial charge in [-0.05, 0) is 35.9 Å². The van der Waals surface area contributed by atoms with Crippen molar-refractivity contribution in [2.45, 2.75) is 6.04 Å². The van der Waals surface area contributed by atoms with E-state index in [1.807, 2.05) is 29.2 Å². The molecule has 0 bridgehead atoms. The molecule has 2 aromatic heterocycles. The summed E-state index contributed by atoms with van der Waals surface area (Å²) in [6.07, 6.45) is 3.40. The Labute approximate surface area is 176 Å². The molecular formula is C23H18F2N4O2. The van der Waals surface area contributed by atoms with Crippen molar-refractivity contribution in [2.24, 2.45) is 0 Å². The van der Waals surface area contributed by atoms with Crippen molar-refractivity contribution >= 4 is 28.6 Å². The zero-order chi connectivity index (χ0) is 21.5. The molecular weight excluding hydrogens is 402 g/mol. The Hall–Kier alpha value is -3.78.